The second-order valence-corrected chi connectivity index (χ2v) is 4.23. The number of hydrogen-bond acceptors (Lipinski definition) is 3. The number of carboxylic acid groups (broad SMARTS) is 1. The van der Waals surface area contributed by atoms with Crippen molar-refractivity contribution in [3.8, 4) is 0 Å². The van der Waals surface area contributed by atoms with Crippen LogP contribution in [0.25, 0.3) is 0 Å². The first-order chi connectivity index (χ1) is 8.06. The highest BCUT2D eigenvalue weighted by molar-refractivity contribution is 5.80. The van der Waals surface area contributed by atoms with Crippen molar-refractivity contribution in [1.29, 1.82) is 0 Å². The van der Waals surface area contributed by atoms with Gasteiger partial charge in [-0.05, 0) is 26.2 Å². The van der Waals surface area contributed by atoms with Crippen LogP contribution in [0, 0.1) is 0 Å². The van der Waals surface area contributed by atoms with Gasteiger partial charge in [-0.1, -0.05) is 0 Å². The molecule has 2 unspecified atom stereocenters. The Kier molecular flexibility index (Phi) is 5.21. The zero-order valence-corrected chi connectivity index (χ0v) is 10.3. The van der Waals surface area contributed by atoms with E-state index in [1.54, 1.807) is 14.0 Å². The summed E-state index contributed by atoms with van der Waals surface area (Å²) in [6, 6.07) is -0.216. The second kappa shape index (κ2) is 6.44. The summed E-state index contributed by atoms with van der Waals surface area (Å²) in [6.45, 7) is 1.89. The van der Waals surface area contributed by atoms with E-state index in [9.17, 15) is 9.59 Å². The molecule has 2 amide bonds. The Bertz CT molecular complexity index is 283. The fourth-order valence-electron chi connectivity index (χ4n) is 2.04. The number of nitrogens with zero attached hydrogens (tertiary/aromatic N) is 1. The van der Waals surface area contributed by atoms with Gasteiger partial charge in [-0.15, -0.1) is 0 Å². The minimum atomic E-state index is -0.997. The summed E-state index contributed by atoms with van der Waals surface area (Å²) in [4.78, 5) is 23.6. The normalized spacial score (nSPS) is 23.4. The number of aliphatic carboxylic acids is 1. The predicted octanol–water partition coefficient (Wildman–Crippen LogP) is 0.670. The maximum Gasteiger partial charge on any atom is 0.323 e. The Hall–Kier alpha value is -1.30. The van der Waals surface area contributed by atoms with Crippen LogP contribution in [-0.4, -0.2) is 54.4 Å². The molecule has 0 radical (unpaired) electrons. The largest absolute Gasteiger partial charge is 0.480 e. The number of ether oxygens (including phenoxy) is 1. The molecule has 1 aliphatic carbocycles. The average Bonchev–Trinajstić information content (AvgIpc) is 2.73. The van der Waals surface area contributed by atoms with Crippen LogP contribution >= 0.6 is 0 Å². The smallest absolute Gasteiger partial charge is 0.323 e. The minimum Gasteiger partial charge on any atom is -0.480 e. The molecule has 0 heterocycles. The number of urea groups is 1. The Labute approximate surface area is 101 Å². The first-order valence-electron chi connectivity index (χ1n) is 5.86. The lowest BCUT2D eigenvalue weighted by atomic mass is 10.2. The molecule has 98 valence electrons. The monoisotopic (exact) mass is 244 g/mol. The topological polar surface area (TPSA) is 78.9 Å². The quantitative estimate of drug-likeness (QED) is 0.745. The average molecular weight is 244 g/mol. The van der Waals surface area contributed by atoms with Crippen molar-refractivity contribution >= 4 is 12.0 Å². The van der Waals surface area contributed by atoms with Crippen molar-refractivity contribution < 1.29 is 19.4 Å². The molecule has 0 bridgehead atoms. The van der Waals surface area contributed by atoms with E-state index in [0.29, 0.717) is 6.54 Å². The molecule has 6 nitrogen and oxygen atoms in total. The summed E-state index contributed by atoms with van der Waals surface area (Å²) in [7, 11) is 1.66. The summed E-state index contributed by atoms with van der Waals surface area (Å²) in [6.07, 6.45) is 2.82. The van der Waals surface area contributed by atoms with Gasteiger partial charge in [0.2, 0.25) is 0 Å². The van der Waals surface area contributed by atoms with Crippen LogP contribution in [0.4, 0.5) is 4.79 Å². The van der Waals surface area contributed by atoms with Crippen molar-refractivity contribution in [3.63, 3.8) is 0 Å². The zero-order chi connectivity index (χ0) is 12.8. The van der Waals surface area contributed by atoms with Gasteiger partial charge in [0.15, 0.2) is 0 Å². The number of likely N-dealkylation sites (N-methyl/N-ethyl adjacent to an activating group) is 1. The second-order valence-electron chi connectivity index (χ2n) is 4.23. The molecular weight excluding hydrogens is 224 g/mol. The predicted molar refractivity (Wildman–Crippen MR) is 61.9 cm³/mol. The number of amides is 2. The Morgan fingerprint density at radius 3 is 2.65 bits per heavy atom. The Balaban J connectivity index is 2.39. The van der Waals surface area contributed by atoms with Crippen LogP contribution in [0.15, 0.2) is 0 Å². The van der Waals surface area contributed by atoms with Crippen molar-refractivity contribution in [3.05, 3.63) is 0 Å². The number of carbonyl (C=O) groups is 2. The third kappa shape index (κ3) is 4.22. The van der Waals surface area contributed by atoms with Gasteiger partial charge in [0.25, 0.3) is 0 Å². The summed E-state index contributed by atoms with van der Waals surface area (Å²) >= 11 is 0. The Morgan fingerprint density at radius 2 is 2.18 bits per heavy atom. The number of nitrogens with one attached hydrogen (secondary N) is 1. The zero-order valence-electron chi connectivity index (χ0n) is 10.3. The molecule has 17 heavy (non-hydrogen) atoms. The van der Waals surface area contributed by atoms with Crippen LogP contribution in [0.3, 0.4) is 0 Å². The first kappa shape index (κ1) is 13.8. The SMILES string of the molecule is CCN(CC(=O)O)C(=O)NC1CCC(OC)C1. The summed E-state index contributed by atoms with van der Waals surface area (Å²) < 4.78 is 5.22. The van der Waals surface area contributed by atoms with E-state index in [1.807, 2.05) is 0 Å². The van der Waals surface area contributed by atoms with Gasteiger partial charge < -0.3 is 20.1 Å². The van der Waals surface area contributed by atoms with Gasteiger partial charge in [0.05, 0.1) is 6.10 Å². The fourth-order valence-corrected chi connectivity index (χ4v) is 2.04. The fraction of sp³-hybridized carbons (Fsp3) is 0.818. The number of hydrogen-bond donors (Lipinski definition) is 2. The van der Waals surface area contributed by atoms with E-state index in [-0.39, 0.29) is 24.7 Å². The molecule has 0 aromatic heterocycles. The molecule has 6 heteroatoms. The van der Waals surface area contributed by atoms with E-state index in [2.05, 4.69) is 5.32 Å². The van der Waals surface area contributed by atoms with Gasteiger partial charge in [-0.25, -0.2) is 4.79 Å². The lowest BCUT2D eigenvalue weighted by Crippen LogP contribution is -2.46. The molecule has 1 rings (SSSR count). The van der Waals surface area contributed by atoms with Crippen LogP contribution in [0.1, 0.15) is 26.2 Å². The molecule has 2 atom stereocenters. The molecule has 1 aliphatic rings. The maximum absolute atomic E-state index is 11.8. The van der Waals surface area contributed by atoms with Gasteiger partial charge in [0, 0.05) is 19.7 Å². The lowest BCUT2D eigenvalue weighted by Gasteiger charge is -2.22. The van der Waals surface area contributed by atoms with Gasteiger partial charge in [0.1, 0.15) is 6.54 Å². The summed E-state index contributed by atoms with van der Waals surface area (Å²) in [5.41, 5.74) is 0. The molecule has 0 saturated heterocycles. The van der Waals surface area contributed by atoms with E-state index in [0.717, 1.165) is 19.3 Å². The Morgan fingerprint density at radius 1 is 1.47 bits per heavy atom. The van der Waals surface area contributed by atoms with Crippen LogP contribution < -0.4 is 5.32 Å². The van der Waals surface area contributed by atoms with Crippen molar-refractivity contribution in [2.24, 2.45) is 0 Å². The van der Waals surface area contributed by atoms with E-state index in [4.69, 9.17) is 9.84 Å². The lowest BCUT2D eigenvalue weighted by molar-refractivity contribution is -0.137. The van der Waals surface area contributed by atoms with Gasteiger partial charge >= 0.3 is 12.0 Å². The molecular formula is C11H20N2O4. The standard InChI is InChI=1S/C11H20N2O4/c1-3-13(7-10(14)15)11(16)12-8-4-5-9(6-8)17-2/h8-9H,3-7H2,1-2H3,(H,12,16)(H,14,15). The molecule has 1 saturated carbocycles. The van der Waals surface area contributed by atoms with Crippen molar-refractivity contribution in [2.75, 3.05) is 20.2 Å². The number of carbonyl (C=O) groups excluding carboxylic acids is 1. The van der Waals surface area contributed by atoms with E-state index < -0.39 is 5.97 Å². The number of carboxylic acids is 1. The molecule has 0 spiro atoms. The van der Waals surface area contributed by atoms with Crippen molar-refractivity contribution in [2.45, 2.75) is 38.3 Å². The highest BCUT2D eigenvalue weighted by Crippen LogP contribution is 2.21. The molecule has 0 aromatic carbocycles. The molecule has 0 aliphatic heterocycles. The molecule has 2 N–H and O–H groups in total. The number of rotatable bonds is 5. The van der Waals surface area contributed by atoms with Crippen LogP contribution in [0.5, 0.6) is 0 Å². The third-order valence-electron chi connectivity index (χ3n) is 3.04. The first-order valence-corrected chi connectivity index (χ1v) is 5.86. The van der Waals surface area contributed by atoms with Crippen LogP contribution in [-0.2, 0) is 9.53 Å². The van der Waals surface area contributed by atoms with Gasteiger partial charge in [-0.3, -0.25) is 4.79 Å². The third-order valence-corrected chi connectivity index (χ3v) is 3.04. The highest BCUT2D eigenvalue weighted by Gasteiger charge is 2.27. The van der Waals surface area contributed by atoms with Crippen LogP contribution in [0.2, 0.25) is 0 Å². The van der Waals surface area contributed by atoms with Gasteiger partial charge in [-0.2, -0.15) is 0 Å². The number of methoxy groups -OCH3 is 1. The highest BCUT2D eigenvalue weighted by atomic mass is 16.5. The molecule has 0 aromatic rings. The van der Waals surface area contributed by atoms with Crippen molar-refractivity contribution in [1.82, 2.24) is 10.2 Å². The summed E-state index contributed by atoms with van der Waals surface area (Å²) in [5, 5.41) is 11.5. The van der Waals surface area contributed by atoms with E-state index >= 15 is 0 Å². The van der Waals surface area contributed by atoms with E-state index in [1.165, 1.54) is 4.90 Å². The maximum atomic E-state index is 11.8. The summed E-state index contributed by atoms with van der Waals surface area (Å²) in [5.74, 6) is -0.997. The molecule has 1 fully saturated rings. The minimum absolute atomic E-state index is 0.0929.